The van der Waals surface area contributed by atoms with E-state index in [1.165, 1.54) is 24.3 Å². The van der Waals surface area contributed by atoms with Crippen LogP contribution in [0.15, 0.2) is 24.3 Å². The zero-order valence-electron chi connectivity index (χ0n) is 4.54. The van der Waals surface area contributed by atoms with Gasteiger partial charge in [0, 0.05) is 0 Å². The molecule has 46 valence electrons. The molecule has 0 spiro atoms. The molecule has 1 rings (SSSR count). The monoisotopic (exact) mass is 125 g/mol. The highest BCUT2D eigenvalue weighted by atomic mass is 19.1. The zero-order chi connectivity index (χ0) is 6.69. The Morgan fingerprint density at radius 3 is 2.22 bits per heavy atom. The predicted molar refractivity (Wildman–Crippen MR) is 29.2 cm³/mol. The van der Waals surface area contributed by atoms with Crippen LogP contribution in [-0.4, -0.2) is 0 Å². The van der Waals surface area contributed by atoms with E-state index in [0.29, 0.717) is 0 Å². The van der Waals surface area contributed by atoms with E-state index in [9.17, 15) is 4.39 Å². The fraction of sp³-hybridized carbons (Fsp3) is 0. The first kappa shape index (κ1) is 6.04. The van der Waals surface area contributed by atoms with E-state index in [2.05, 4.69) is 4.84 Å². The van der Waals surface area contributed by atoms with Gasteiger partial charge in [-0.3, -0.25) is 0 Å². The molecule has 0 aliphatic heterocycles. The normalized spacial score (nSPS) is 9.11. The summed E-state index contributed by atoms with van der Waals surface area (Å²) in [5.41, 5.74) is 0. The Morgan fingerprint density at radius 2 is 1.78 bits per heavy atom. The summed E-state index contributed by atoms with van der Waals surface area (Å²) in [6.45, 7) is 0. The van der Waals surface area contributed by atoms with Crippen molar-refractivity contribution in [3.8, 4) is 5.75 Å². The molecule has 1 aromatic rings. The van der Waals surface area contributed by atoms with E-state index in [-0.39, 0.29) is 11.6 Å². The van der Waals surface area contributed by atoms with Crippen LogP contribution in [0.25, 0.3) is 0 Å². The van der Waals surface area contributed by atoms with Gasteiger partial charge in [-0.15, -0.1) is 0 Å². The van der Waals surface area contributed by atoms with Crippen LogP contribution in [0.5, 0.6) is 5.75 Å². The van der Waals surface area contributed by atoms with Crippen molar-refractivity contribution in [2.24, 2.45) is 0 Å². The number of halogens is 1. The summed E-state index contributed by atoms with van der Waals surface area (Å²) in [7, 11) is 0. The summed E-state index contributed by atoms with van der Waals surface area (Å²) in [5.74, 6) is 7.89. The Bertz CT molecular complexity index is 185. The first-order chi connectivity index (χ1) is 4.33. The lowest BCUT2D eigenvalue weighted by Crippen LogP contribution is -1.85. The molecule has 1 aromatic carbocycles. The molecule has 3 heteroatoms. The first-order valence-corrected chi connectivity index (χ1v) is 2.40. The van der Waals surface area contributed by atoms with Gasteiger partial charge in [-0.2, -0.15) is 0 Å². The molecule has 0 fully saturated rings. The molecule has 0 saturated heterocycles. The molecule has 0 saturated carbocycles. The number of benzene rings is 1. The fourth-order valence-electron chi connectivity index (χ4n) is 0.495. The van der Waals surface area contributed by atoms with Crippen LogP contribution < -0.4 is 10.7 Å². The van der Waals surface area contributed by atoms with Crippen molar-refractivity contribution < 1.29 is 9.23 Å². The molecular formula is C6H4FNO. The number of hydrogen-bond donors (Lipinski definition) is 0. The minimum atomic E-state index is -0.351. The molecule has 0 aromatic heterocycles. The van der Waals surface area contributed by atoms with Gasteiger partial charge in [0.2, 0.25) is 0 Å². The second-order valence-corrected chi connectivity index (χ2v) is 1.55. The molecule has 2 radical (unpaired) electrons. The summed E-state index contributed by atoms with van der Waals surface area (Å²) in [6, 6.07) is 5.06. The smallest absolute Gasteiger partial charge is 0.151 e. The van der Waals surface area contributed by atoms with Crippen molar-refractivity contribution in [3.05, 3.63) is 30.1 Å². The van der Waals surface area contributed by atoms with Crippen LogP contribution in [-0.2, 0) is 0 Å². The summed E-state index contributed by atoms with van der Waals surface area (Å²) < 4.78 is 12.1. The molecule has 0 aliphatic carbocycles. The standard InChI is InChI=1S/C6H4FNO/c7-5-1-3-6(9-8)4-2-5/h1-4H. The molecule has 0 unspecified atom stereocenters. The van der Waals surface area contributed by atoms with Gasteiger partial charge in [-0.25, -0.2) is 4.39 Å². The van der Waals surface area contributed by atoms with Crippen LogP contribution in [0.2, 0.25) is 0 Å². The van der Waals surface area contributed by atoms with Gasteiger partial charge in [0.05, 0.1) is 0 Å². The van der Waals surface area contributed by atoms with Crippen LogP contribution in [0.1, 0.15) is 0 Å². The van der Waals surface area contributed by atoms with Crippen molar-refractivity contribution in [2.45, 2.75) is 0 Å². The predicted octanol–water partition coefficient (Wildman–Crippen LogP) is 1.19. The number of nitrogens with zero attached hydrogens (tertiary/aromatic N) is 1. The van der Waals surface area contributed by atoms with Gasteiger partial charge in [0.25, 0.3) is 0 Å². The third-order valence-corrected chi connectivity index (χ3v) is 0.919. The van der Waals surface area contributed by atoms with Crippen molar-refractivity contribution in [2.75, 3.05) is 0 Å². The van der Waals surface area contributed by atoms with E-state index in [0.717, 1.165) is 0 Å². The van der Waals surface area contributed by atoms with Crippen molar-refractivity contribution >= 4 is 0 Å². The highest BCUT2D eigenvalue weighted by Gasteiger charge is 1.90. The summed E-state index contributed by atoms with van der Waals surface area (Å²) in [4.78, 5) is 3.80. The van der Waals surface area contributed by atoms with E-state index in [1.807, 2.05) is 0 Å². The molecular weight excluding hydrogens is 121 g/mol. The van der Waals surface area contributed by atoms with Gasteiger partial charge in [0.15, 0.2) is 5.75 Å². The second kappa shape index (κ2) is 2.46. The lowest BCUT2D eigenvalue weighted by Gasteiger charge is -1.91. The lowest BCUT2D eigenvalue weighted by atomic mass is 10.3. The van der Waals surface area contributed by atoms with Gasteiger partial charge < -0.3 is 4.84 Å². The minimum absolute atomic E-state index is 0.233. The first-order valence-electron chi connectivity index (χ1n) is 2.40. The quantitative estimate of drug-likeness (QED) is 0.518. The molecule has 9 heavy (non-hydrogen) atoms. The van der Waals surface area contributed by atoms with E-state index >= 15 is 0 Å². The van der Waals surface area contributed by atoms with Crippen molar-refractivity contribution in [3.63, 3.8) is 0 Å². The average molecular weight is 125 g/mol. The lowest BCUT2D eigenvalue weighted by molar-refractivity contribution is 0.308. The SMILES string of the molecule is [N]Oc1ccc(F)cc1. The molecule has 0 aliphatic rings. The largest absolute Gasteiger partial charge is 0.368 e. The number of rotatable bonds is 1. The molecule has 0 atom stereocenters. The van der Waals surface area contributed by atoms with Crippen LogP contribution in [0, 0.1) is 5.82 Å². The maximum absolute atomic E-state index is 12.1. The van der Waals surface area contributed by atoms with Gasteiger partial charge in [-0.05, 0) is 24.3 Å². The highest BCUT2D eigenvalue weighted by molar-refractivity contribution is 5.21. The van der Waals surface area contributed by atoms with Crippen LogP contribution in [0.4, 0.5) is 4.39 Å². The Hall–Kier alpha value is -1.09. The third-order valence-electron chi connectivity index (χ3n) is 0.919. The Balaban J connectivity index is 2.88. The van der Waals surface area contributed by atoms with Gasteiger partial charge in [-0.1, -0.05) is 0 Å². The topological polar surface area (TPSA) is 31.5 Å². The molecule has 0 heterocycles. The average Bonchev–Trinajstić information content (AvgIpc) is 1.90. The third kappa shape index (κ3) is 1.40. The van der Waals surface area contributed by atoms with Crippen LogP contribution in [0.3, 0.4) is 0 Å². The molecule has 0 amide bonds. The maximum Gasteiger partial charge on any atom is 0.151 e. The number of hydrogen-bond acceptors (Lipinski definition) is 1. The Kier molecular flexibility index (Phi) is 1.65. The summed E-state index contributed by atoms with van der Waals surface area (Å²) in [6.07, 6.45) is 0. The Morgan fingerprint density at radius 1 is 1.22 bits per heavy atom. The second-order valence-electron chi connectivity index (χ2n) is 1.55. The molecule has 0 bridgehead atoms. The maximum atomic E-state index is 12.1. The zero-order valence-corrected chi connectivity index (χ0v) is 4.54. The minimum Gasteiger partial charge on any atom is -0.368 e. The van der Waals surface area contributed by atoms with E-state index in [4.69, 9.17) is 5.90 Å². The van der Waals surface area contributed by atoms with Gasteiger partial charge >= 0.3 is 0 Å². The summed E-state index contributed by atoms with van der Waals surface area (Å²) in [5, 5.41) is 0. The van der Waals surface area contributed by atoms with Gasteiger partial charge in [0.1, 0.15) is 11.7 Å². The summed E-state index contributed by atoms with van der Waals surface area (Å²) >= 11 is 0. The molecule has 0 N–H and O–H groups in total. The van der Waals surface area contributed by atoms with Crippen LogP contribution >= 0.6 is 0 Å². The Labute approximate surface area is 52.0 Å². The van der Waals surface area contributed by atoms with E-state index < -0.39 is 0 Å². The fourth-order valence-corrected chi connectivity index (χ4v) is 0.495. The van der Waals surface area contributed by atoms with Crippen molar-refractivity contribution in [1.82, 2.24) is 5.90 Å². The van der Waals surface area contributed by atoms with Crippen molar-refractivity contribution in [1.29, 1.82) is 0 Å². The van der Waals surface area contributed by atoms with E-state index in [1.54, 1.807) is 0 Å². The molecule has 2 nitrogen and oxygen atoms in total. The highest BCUT2D eigenvalue weighted by Crippen LogP contribution is 2.08.